The zero-order chi connectivity index (χ0) is 20.1. The number of alkyl halides is 3. The molecule has 152 valence electrons. The van der Waals surface area contributed by atoms with Gasteiger partial charge in [0.05, 0.1) is 0 Å². The summed E-state index contributed by atoms with van der Waals surface area (Å²) < 4.78 is 69.3. The van der Waals surface area contributed by atoms with Crippen molar-refractivity contribution in [3.8, 4) is 5.75 Å². The molecule has 0 bridgehead atoms. The Morgan fingerprint density at radius 2 is 1.64 bits per heavy atom. The first-order valence-electron chi connectivity index (χ1n) is 9.88. The van der Waals surface area contributed by atoms with E-state index in [0.29, 0.717) is 11.8 Å². The van der Waals surface area contributed by atoms with Gasteiger partial charge in [0.1, 0.15) is 0 Å². The zero-order valence-electron chi connectivity index (χ0n) is 15.7. The van der Waals surface area contributed by atoms with Crippen LogP contribution in [0, 0.1) is 29.4 Å². The van der Waals surface area contributed by atoms with Gasteiger partial charge < -0.3 is 4.74 Å². The number of hydrogen-bond donors (Lipinski definition) is 0. The van der Waals surface area contributed by atoms with E-state index in [4.69, 9.17) is 0 Å². The maximum atomic E-state index is 14.4. The highest BCUT2D eigenvalue weighted by Crippen LogP contribution is 2.48. The Kier molecular flexibility index (Phi) is 5.00. The maximum Gasteiger partial charge on any atom is 0.573 e. The molecule has 0 spiro atoms. The number of benzene rings is 2. The van der Waals surface area contributed by atoms with Crippen LogP contribution >= 0.6 is 0 Å². The minimum Gasteiger partial charge on any atom is -0.399 e. The van der Waals surface area contributed by atoms with Gasteiger partial charge in [0, 0.05) is 5.39 Å². The molecule has 0 heterocycles. The van der Waals surface area contributed by atoms with Crippen molar-refractivity contribution in [3.63, 3.8) is 0 Å². The van der Waals surface area contributed by atoms with Crippen molar-refractivity contribution < 1.29 is 26.7 Å². The number of fused-ring (bicyclic) bond motifs is 2. The van der Waals surface area contributed by atoms with Crippen molar-refractivity contribution in [3.05, 3.63) is 41.5 Å². The van der Waals surface area contributed by atoms with Crippen LogP contribution in [0.1, 0.15) is 56.9 Å². The highest BCUT2D eigenvalue weighted by atomic mass is 19.4. The number of hydrogen-bond acceptors (Lipinski definition) is 1. The van der Waals surface area contributed by atoms with E-state index in [0.717, 1.165) is 36.3 Å². The summed E-state index contributed by atoms with van der Waals surface area (Å²) in [5.74, 6) is -1.47. The van der Waals surface area contributed by atoms with Crippen molar-refractivity contribution >= 4 is 10.8 Å². The first-order chi connectivity index (χ1) is 13.2. The molecule has 0 N–H and O–H groups in total. The van der Waals surface area contributed by atoms with Gasteiger partial charge >= 0.3 is 6.36 Å². The van der Waals surface area contributed by atoms with E-state index in [2.05, 4.69) is 11.7 Å². The number of rotatable bonds is 2. The normalized spacial score (nSPS) is 28.2. The second-order valence-corrected chi connectivity index (χ2v) is 8.48. The van der Waals surface area contributed by atoms with Gasteiger partial charge in [-0.3, -0.25) is 0 Å². The first-order valence-corrected chi connectivity index (χ1v) is 9.88. The Balaban J connectivity index is 1.61. The summed E-state index contributed by atoms with van der Waals surface area (Å²) in [6.45, 7) is 2.31. The van der Waals surface area contributed by atoms with E-state index in [1.807, 2.05) is 0 Å². The lowest BCUT2D eigenvalue weighted by Crippen LogP contribution is -2.29. The third-order valence-corrected chi connectivity index (χ3v) is 6.58. The topological polar surface area (TPSA) is 9.23 Å². The molecule has 2 aliphatic carbocycles. The molecule has 0 saturated heterocycles. The molecule has 2 aromatic rings. The van der Waals surface area contributed by atoms with Crippen LogP contribution in [0.25, 0.3) is 10.8 Å². The first kappa shape index (κ1) is 19.5. The van der Waals surface area contributed by atoms with Crippen LogP contribution in [0.4, 0.5) is 22.0 Å². The van der Waals surface area contributed by atoms with Crippen LogP contribution in [0.15, 0.2) is 24.3 Å². The summed E-state index contributed by atoms with van der Waals surface area (Å²) in [5, 5.41) is 0.200. The molecule has 0 radical (unpaired) electrons. The van der Waals surface area contributed by atoms with Crippen LogP contribution in [-0.2, 0) is 0 Å². The smallest absolute Gasteiger partial charge is 0.399 e. The van der Waals surface area contributed by atoms with Gasteiger partial charge in [-0.1, -0.05) is 31.5 Å². The van der Waals surface area contributed by atoms with E-state index >= 15 is 0 Å². The predicted molar refractivity (Wildman–Crippen MR) is 97.1 cm³/mol. The van der Waals surface area contributed by atoms with Crippen LogP contribution < -0.4 is 4.74 Å². The van der Waals surface area contributed by atoms with Gasteiger partial charge in [-0.15, -0.1) is 13.2 Å². The summed E-state index contributed by atoms with van der Waals surface area (Å²) in [6.07, 6.45) is 1.90. The number of ether oxygens (including phenoxy) is 1. The van der Waals surface area contributed by atoms with Crippen LogP contribution in [0.3, 0.4) is 0 Å². The molecule has 4 rings (SSSR count). The van der Waals surface area contributed by atoms with Gasteiger partial charge in [0.25, 0.3) is 0 Å². The molecule has 6 heteroatoms. The molecule has 1 nitrogen and oxygen atoms in total. The Labute approximate surface area is 160 Å². The molecule has 28 heavy (non-hydrogen) atoms. The van der Waals surface area contributed by atoms with Crippen LogP contribution in [0.2, 0.25) is 0 Å². The van der Waals surface area contributed by atoms with E-state index in [9.17, 15) is 22.0 Å². The summed E-state index contributed by atoms with van der Waals surface area (Å²) in [7, 11) is 0. The molecule has 4 unspecified atom stereocenters. The van der Waals surface area contributed by atoms with Gasteiger partial charge in [0.15, 0.2) is 11.6 Å². The molecule has 2 saturated carbocycles. The van der Waals surface area contributed by atoms with E-state index in [-0.39, 0.29) is 10.8 Å². The lowest BCUT2D eigenvalue weighted by atomic mass is 9.64. The minimum absolute atomic E-state index is 0.0652. The second-order valence-electron chi connectivity index (χ2n) is 8.48. The number of halogens is 5. The Hall–Kier alpha value is -1.85. The van der Waals surface area contributed by atoms with Crippen molar-refractivity contribution in [2.45, 2.75) is 57.7 Å². The fourth-order valence-corrected chi connectivity index (χ4v) is 5.22. The highest BCUT2D eigenvalue weighted by molar-refractivity contribution is 5.85. The third kappa shape index (κ3) is 3.83. The fraction of sp³-hybridized carbons (Fsp3) is 0.545. The van der Waals surface area contributed by atoms with E-state index in [1.54, 1.807) is 12.1 Å². The molecular formula is C22H23F5O. The Bertz CT molecular complexity index is 875. The molecule has 0 aliphatic heterocycles. The Morgan fingerprint density at radius 3 is 2.39 bits per heavy atom. The van der Waals surface area contributed by atoms with Crippen molar-refractivity contribution in [1.29, 1.82) is 0 Å². The summed E-state index contributed by atoms with van der Waals surface area (Å²) >= 11 is 0. The standard InChI is InChI=1S/C22H23F5O/c1-12-2-3-14-9-15(5-4-13(14)8-12)16-6-7-18-17(10-16)11-19(23)21(20(18)24)28-22(25,26)27/h6-7,10-15H,2-5,8-9H2,1H3. The van der Waals surface area contributed by atoms with Gasteiger partial charge in [0.2, 0.25) is 5.75 Å². The van der Waals surface area contributed by atoms with Crippen LogP contribution in [0.5, 0.6) is 5.75 Å². The molecule has 0 amide bonds. The minimum atomic E-state index is -5.15. The summed E-state index contributed by atoms with van der Waals surface area (Å²) in [5.41, 5.74) is 1.01. The average molecular weight is 398 g/mol. The molecule has 0 aromatic heterocycles. The molecule has 2 aromatic carbocycles. The molecule has 2 aliphatic rings. The van der Waals surface area contributed by atoms with Gasteiger partial charge in [-0.25, -0.2) is 8.78 Å². The van der Waals surface area contributed by atoms with Crippen LogP contribution in [-0.4, -0.2) is 6.36 Å². The van der Waals surface area contributed by atoms with Crippen molar-refractivity contribution in [2.24, 2.45) is 17.8 Å². The zero-order valence-corrected chi connectivity index (χ0v) is 15.7. The van der Waals surface area contributed by atoms with E-state index in [1.165, 1.54) is 31.7 Å². The van der Waals surface area contributed by atoms with E-state index < -0.39 is 23.7 Å². The summed E-state index contributed by atoms with van der Waals surface area (Å²) in [6, 6.07) is 5.85. The third-order valence-electron chi connectivity index (χ3n) is 6.58. The summed E-state index contributed by atoms with van der Waals surface area (Å²) in [4.78, 5) is 0. The lowest BCUT2D eigenvalue weighted by molar-refractivity contribution is -0.276. The van der Waals surface area contributed by atoms with Crippen molar-refractivity contribution in [2.75, 3.05) is 0 Å². The molecule has 4 atom stereocenters. The second kappa shape index (κ2) is 7.20. The Morgan fingerprint density at radius 1 is 0.929 bits per heavy atom. The van der Waals surface area contributed by atoms with Gasteiger partial charge in [-0.05, 0) is 72.8 Å². The average Bonchev–Trinajstić information content (AvgIpc) is 2.63. The quantitative estimate of drug-likeness (QED) is 0.481. The lowest BCUT2D eigenvalue weighted by Gasteiger charge is -2.41. The largest absolute Gasteiger partial charge is 0.573 e. The predicted octanol–water partition coefficient (Wildman–Crippen LogP) is 7.34. The molecular weight excluding hydrogens is 375 g/mol. The highest BCUT2D eigenvalue weighted by Gasteiger charge is 2.36. The SMILES string of the molecule is CC1CCC2CC(c3ccc4c(F)c(OC(F)(F)F)c(F)cc4c3)CCC2C1. The maximum absolute atomic E-state index is 14.4. The monoisotopic (exact) mass is 398 g/mol. The van der Waals surface area contributed by atoms with Crippen molar-refractivity contribution in [1.82, 2.24) is 0 Å². The molecule has 2 fully saturated rings. The van der Waals surface area contributed by atoms with Gasteiger partial charge in [-0.2, -0.15) is 0 Å². The fourth-order valence-electron chi connectivity index (χ4n) is 5.22.